The molecular weight excluding hydrogens is 405 g/mol. The Bertz CT molecular complexity index is 792. The molecule has 1 amide bonds. The van der Waals surface area contributed by atoms with E-state index in [4.69, 9.17) is 22.3 Å². The lowest BCUT2D eigenvalue weighted by Gasteiger charge is -2.25. The number of guanidine groups is 1. The molecule has 27 heavy (non-hydrogen) atoms. The van der Waals surface area contributed by atoms with Gasteiger partial charge in [-0.1, -0.05) is 0 Å². The molecule has 0 heterocycles. The molecule has 0 spiro atoms. The second-order valence-corrected chi connectivity index (χ2v) is 7.72. The van der Waals surface area contributed by atoms with Gasteiger partial charge in [-0.2, -0.15) is 0 Å². The molecule has 10 N–H and O–H groups in total. The van der Waals surface area contributed by atoms with Gasteiger partial charge in [-0.15, -0.1) is 17.7 Å². The third-order valence-corrected chi connectivity index (χ3v) is 5.49. The molecule has 152 valence electrons. The van der Waals surface area contributed by atoms with Crippen LogP contribution in [-0.4, -0.2) is 49.2 Å². The molecule has 0 fully saturated rings. The standard InChI is InChI=1S/C12H20FN7O5S2/c13-6-3-5(27(24,25)20-10(26)9(14)11(22)23)1-2-7(6)18-8(21)4-17-19-12(15)16/h3,5,7,17,20,26H,1-2,4,14H2,(H,18,21)(H,22,23)(H4,15,16,19)/b10-9-. The summed E-state index contributed by atoms with van der Waals surface area (Å²) >= 11 is 3.69. The molecule has 0 saturated heterocycles. The Morgan fingerprint density at radius 2 is 1.96 bits per heavy atom. The number of nitrogens with two attached hydrogens (primary N) is 3. The van der Waals surface area contributed by atoms with Gasteiger partial charge in [0, 0.05) is 0 Å². The Hall–Kier alpha value is -2.68. The Morgan fingerprint density at radius 3 is 2.48 bits per heavy atom. The van der Waals surface area contributed by atoms with Gasteiger partial charge in [0.25, 0.3) is 0 Å². The minimum atomic E-state index is -4.18. The van der Waals surface area contributed by atoms with Crippen molar-refractivity contribution >= 4 is 40.5 Å². The lowest BCUT2D eigenvalue weighted by Crippen LogP contribution is -2.44. The summed E-state index contributed by atoms with van der Waals surface area (Å²) in [6, 6.07) is -1.01. The third kappa shape index (κ3) is 6.86. The van der Waals surface area contributed by atoms with Crippen LogP contribution < -0.4 is 32.7 Å². The fourth-order valence-corrected chi connectivity index (χ4v) is 3.81. The van der Waals surface area contributed by atoms with E-state index in [0.717, 1.165) is 6.08 Å². The number of hydrazone groups is 1. The molecule has 0 aromatic rings. The number of carbonyl (C=O) groups excluding carboxylic acids is 1. The summed E-state index contributed by atoms with van der Waals surface area (Å²) in [4.78, 5) is 22.4. The van der Waals surface area contributed by atoms with Crippen molar-refractivity contribution in [3.8, 4) is 0 Å². The molecule has 0 aromatic heterocycles. The van der Waals surface area contributed by atoms with E-state index in [2.05, 4.69) is 28.5 Å². The number of aliphatic carboxylic acids is 1. The second kappa shape index (κ2) is 9.31. The lowest BCUT2D eigenvalue weighted by atomic mass is 10.0. The number of nitrogens with one attached hydrogen (secondary N) is 3. The van der Waals surface area contributed by atoms with Crippen LogP contribution in [0.2, 0.25) is 0 Å². The number of carbonyl (C=O) groups is 2. The van der Waals surface area contributed by atoms with Gasteiger partial charge in [0.1, 0.15) is 28.3 Å². The maximum absolute atomic E-state index is 14.2. The zero-order chi connectivity index (χ0) is 20.8. The molecule has 1 aliphatic rings. The summed E-state index contributed by atoms with van der Waals surface area (Å²) in [5.74, 6) is -3.32. The topological polar surface area (TPSA) is 215 Å². The van der Waals surface area contributed by atoms with E-state index in [-0.39, 0.29) is 25.3 Å². The average molecular weight is 425 g/mol. The Balaban J connectivity index is 2.76. The number of hydrogen-bond acceptors (Lipinski definition) is 8. The van der Waals surface area contributed by atoms with Crippen LogP contribution in [0, 0.1) is 0 Å². The molecule has 0 saturated carbocycles. The molecule has 15 heteroatoms. The SMILES string of the molecule is NC(N)=NNCC(=O)NC1CCC(S(=O)(=O)N/C(S)=C(/N)C(=O)O)C=C1F. The van der Waals surface area contributed by atoms with Crippen molar-refractivity contribution < 1.29 is 27.5 Å². The highest BCUT2D eigenvalue weighted by Gasteiger charge is 2.32. The molecular formula is C12H20FN7O5S2. The van der Waals surface area contributed by atoms with Crippen molar-refractivity contribution in [1.29, 1.82) is 0 Å². The smallest absolute Gasteiger partial charge is 0.354 e. The maximum Gasteiger partial charge on any atom is 0.354 e. The largest absolute Gasteiger partial charge is 0.477 e. The lowest BCUT2D eigenvalue weighted by molar-refractivity contribution is -0.132. The van der Waals surface area contributed by atoms with Gasteiger partial charge in [-0.05, 0) is 18.9 Å². The maximum atomic E-state index is 14.2. The summed E-state index contributed by atoms with van der Waals surface area (Å²) in [5, 5.41) is 12.6. The molecule has 12 nitrogen and oxygen atoms in total. The third-order valence-electron chi connectivity index (χ3n) is 3.32. The number of nitrogens with zero attached hydrogens (tertiary/aromatic N) is 1. The molecule has 0 bridgehead atoms. The number of carboxylic acid groups (broad SMARTS) is 1. The van der Waals surface area contributed by atoms with Crippen molar-refractivity contribution in [3.05, 3.63) is 22.6 Å². The summed E-state index contributed by atoms with van der Waals surface area (Å²) in [6.07, 6.45) is 0.767. The van der Waals surface area contributed by atoms with E-state index < -0.39 is 49.7 Å². The summed E-state index contributed by atoms with van der Waals surface area (Å²) in [6.45, 7) is -0.312. The molecule has 0 aromatic carbocycles. The number of hydrogen-bond donors (Lipinski definition) is 8. The van der Waals surface area contributed by atoms with E-state index in [1.165, 1.54) is 0 Å². The molecule has 1 aliphatic carbocycles. The van der Waals surface area contributed by atoms with Crippen LogP contribution in [-0.2, 0) is 19.6 Å². The van der Waals surface area contributed by atoms with Crippen LogP contribution in [0.3, 0.4) is 0 Å². The first-order valence-corrected chi connectivity index (χ1v) is 9.35. The zero-order valence-corrected chi connectivity index (χ0v) is 15.6. The highest BCUT2D eigenvalue weighted by Crippen LogP contribution is 2.24. The van der Waals surface area contributed by atoms with Crippen molar-refractivity contribution in [2.24, 2.45) is 22.3 Å². The number of sulfonamides is 1. The van der Waals surface area contributed by atoms with Crippen molar-refractivity contribution in [1.82, 2.24) is 15.5 Å². The first-order chi connectivity index (χ1) is 12.4. The van der Waals surface area contributed by atoms with Crippen LogP contribution in [0.15, 0.2) is 27.7 Å². The normalized spacial score (nSPS) is 20.6. The summed E-state index contributed by atoms with van der Waals surface area (Å²) in [5.41, 5.74) is 16.8. The fraction of sp³-hybridized carbons (Fsp3) is 0.417. The monoisotopic (exact) mass is 425 g/mol. The zero-order valence-electron chi connectivity index (χ0n) is 13.8. The summed E-state index contributed by atoms with van der Waals surface area (Å²) < 4.78 is 40.5. The van der Waals surface area contributed by atoms with Crippen molar-refractivity contribution in [2.45, 2.75) is 24.1 Å². The van der Waals surface area contributed by atoms with Gasteiger partial charge in [-0.25, -0.2) is 17.6 Å². The quantitative estimate of drug-likeness (QED) is 0.0667. The van der Waals surface area contributed by atoms with Crippen LogP contribution in [0.1, 0.15) is 12.8 Å². The number of thiol groups is 1. The van der Waals surface area contributed by atoms with E-state index >= 15 is 0 Å². The minimum Gasteiger partial charge on any atom is -0.477 e. The number of amides is 1. The highest BCUT2D eigenvalue weighted by atomic mass is 32.2. The summed E-state index contributed by atoms with van der Waals surface area (Å²) in [7, 11) is -4.18. The van der Waals surface area contributed by atoms with Gasteiger partial charge in [0.05, 0.1) is 6.04 Å². The molecule has 0 aliphatic heterocycles. The van der Waals surface area contributed by atoms with Gasteiger partial charge in [0.15, 0.2) is 0 Å². The average Bonchev–Trinajstić information content (AvgIpc) is 2.54. The van der Waals surface area contributed by atoms with E-state index in [0.29, 0.717) is 0 Å². The Kier molecular flexibility index (Phi) is 7.71. The minimum absolute atomic E-state index is 0.0119. The second-order valence-electron chi connectivity index (χ2n) is 5.37. The first-order valence-electron chi connectivity index (χ1n) is 7.35. The number of rotatable bonds is 8. The van der Waals surface area contributed by atoms with Gasteiger partial charge in [-0.3, -0.25) is 14.9 Å². The first kappa shape index (κ1) is 22.4. The van der Waals surface area contributed by atoms with Crippen LogP contribution in [0.4, 0.5) is 4.39 Å². The van der Waals surface area contributed by atoms with Crippen LogP contribution >= 0.6 is 12.6 Å². The van der Waals surface area contributed by atoms with E-state index in [9.17, 15) is 22.4 Å². The van der Waals surface area contributed by atoms with Crippen molar-refractivity contribution in [2.75, 3.05) is 6.54 Å². The molecule has 1 rings (SSSR count). The van der Waals surface area contributed by atoms with Gasteiger partial charge < -0.3 is 27.6 Å². The van der Waals surface area contributed by atoms with Crippen molar-refractivity contribution in [3.63, 3.8) is 0 Å². The van der Waals surface area contributed by atoms with E-state index in [1.807, 2.05) is 4.72 Å². The van der Waals surface area contributed by atoms with Gasteiger partial charge >= 0.3 is 5.97 Å². The van der Waals surface area contributed by atoms with Crippen LogP contribution in [0.25, 0.3) is 0 Å². The fourth-order valence-electron chi connectivity index (χ4n) is 2.05. The molecule has 2 unspecified atom stereocenters. The number of halogens is 1. The predicted molar refractivity (Wildman–Crippen MR) is 97.8 cm³/mol. The highest BCUT2D eigenvalue weighted by molar-refractivity contribution is 7.92. The van der Waals surface area contributed by atoms with Gasteiger partial charge in [0.2, 0.25) is 21.9 Å². The number of carboxylic acids is 1. The van der Waals surface area contributed by atoms with E-state index in [1.54, 1.807) is 0 Å². The molecule has 0 radical (unpaired) electrons. The van der Waals surface area contributed by atoms with Crippen LogP contribution in [0.5, 0.6) is 0 Å². The Morgan fingerprint density at radius 1 is 1.33 bits per heavy atom. The Labute approximate surface area is 159 Å². The predicted octanol–water partition coefficient (Wildman–Crippen LogP) is -2.67. The molecule has 2 atom stereocenters.